The van der Waals surface area contributed by atoms with Crippen LogP contribution in [0.2, 0.25) is 0 Å². The van der Waals surface area contributed by atoms with Gasteiger partial charge in [0.15, 0.2) is 0 Å². The minimum absolute atomic E-state index is 0.0136. The van der Waals surface area contributed by atoms with Crippen LogP contribution in [0.5, 0.6) is 11.5 Å². The van der Waals surface area contributed by atoms with E-state index in [0.29, 0.717) is 23.8 Å². The van der Waals surface area contributed by atoms with Crippen molar-refractivity contribution in [2.75, 3.05) is 30.8 Å². The first-order valence-corrected chi connectivity index (χ1v) is 14.8. The smallest absolute Gasteiger partial charge is 0.242 e. The molecule has 0 unspecified atom stereocenters. The van der Waals surface area contributed by atoms with Gasteiger partial charge >= 0.3 is 0 Å². The lowest BCUT2D eigenvalue weighted by molar-refractivity contribution is -0.140. The Morgan fingerprint density at radius 3 is 2.11 bits per heavy atom. The van der Waals surface area contributed by atoms with E-state index < -0.39 is 16.1 Å². The average Bonchev–Trinajstić information content (AvgIpc) is 2.89. The summed E-state index contributed by atoms with van der Waals surface area (Å²) in [6.45, 7) is 8.37. The van der Waals surface area contributed by atoms with Crippen molar-refractivity contribution in [3.63, 3.8) is 0 Å². The van der Waals surface area contributed by atoms with Crippen LogP contribution in [0.25, 0.3) is 0 Å². The fraction of sp³-hybridized carbons (Fsp3) is 0.500. The Balaban J connectivity index is 2.16. The Kier molecular flexibility index (Phi) is 11.9. The summed E-state index contributed by atoms with van der Waals surface area (Å²) >= 11 is 0. The molecule has 0 spiro atoms. The van der Waals surface area contributed by atoms with E-state index in [0.717, 1.165) is 18.2 Å². The third-order valence-corrected chi connectivity index (χ3v) is 7.46. The summed E-state index contributed by atoms with van der Waals surface area (Å²) in [7, 11) is -1.99. The number of carbonyl (C=O) groups is 2. The molecule has 0 aliphatic heterocycles. The number of hydrogen-bond acceptors (Lipinski definition) is 6. The minimum atomic E-state index is -3.57. The molecule has 0 radical (unpaired) electrons. The molecule has 0 aliphatic rings. The maximum atomic E-state index is 13.4. The molecule has 2 aromatic rings. The fourth-order valence-corrected chi connectivity index (χ4v) is 4.82. The normalized spacial score (nSPS) is 12.8. The highest BCUT2D eigenvalue weighted by molar-refractivity contribution is 7.92. The number of nitrogens with one attached hydrogen (secondary N) is 1. The maximum Gasteiger partial charge on any atom is 0.242 e. The summed E-state index contributed by atoms with van der Waals surface area (Å²) in [6, 6.07) is 13.4. The van der Waals surface area contributed by atoms with Crippen LogP contribution in [0.4, 0.5) is 5.69 Å². The van der Waals surface area contributed by atoms with E-state index in [1.807, 2.05) is 45.0 Å². The number of benzene rings is 2. The molecule has 0 aromatic heterocycles. The van der Waals surface area contributed by atoms with Crippen LogP contribution in [-0.2, 0) is 26.2 Å². The van der Waals surface area contributed by atoms with Crippen molar-refractivity contribution in [1.29, 1.82) is 0 Å². The lowest BCUT2D eigenvalue weighted by Gasteiger charge is -2.30. The first kappa shape index (κ1) is 31.0. The number of carbonyl (C=O) groups excluding carboxylic acids is 2. The molecule has 0 saturated carbocycles. The van der Waals surface area contributed by atoms with Gasteiger partial charge in [-0.1, -0.05) is 19.1 Å². The summed E-state index contributed by atoms with van der Waals surface area (Å²) in [5.41, 5.74) is 1.36. The highest BCUT2D eigenvalue weighted by Crippen LogP contribution is 2.23. The van der Waals surface area contributed by atoms with E-state index in [-0.39, 0.29) is 43.8 Å². The van der Waals surface area contributed by atoms with Crippen molar-refractivity contribution < 1.29 is 27.5 Å². The molecule has 0 fully saturated rings. The first-order valence-electron chi connectivity index (χ1n) is 12.9. The van der Waals surface area contributed by atoms with Crippen LogP contribution in [0.15, 0.2) is 48.5 Å². The number of nitrogens with zero attached hydrogens (tertiary/aromatic N) is 2. The Morgan fingerprint density at radius 1 is 0.974 bits per heavy atom. The number of hydrogen-bond donors (Lipinski definition) is 1. The van der Waals surface area contributed by atoms with E-state index in [1.165, 1.54) is 4.31 Å². The van der Waals surface area contributed by atoms with E-state index in [1.54, 1.807) is 43.2 Å². The van der Waals surface area contributed by atoms with Gasteiger partial charge in [-0.05, 0) is 75.6 Å². The van der Waals surface area contributed by atoms with Gasteiger partial charge in [0.25, 0.3) is 0 Å². The molecule has 9 nitrogen and oxygen atoms in total. The molecule has 0 saturated heterocycles. The second kappa shape index (κ2) is 14.6. The molecule has 0 aliphatic carbocycles. The molecule has 2 rings (SSSR count). The number of rotatable bonds is 15. The quantitative estimate of drug-likeness (QED) is 0.362. The second-order valence-corrected chi connectivity index (χ2v) is 11.1. The number of anilines is 1. The van der Waals surface area contributed by atoms with E-state index in [2.05, 4.69) is 5.32 Å². The van der Waals surface area contributed by atoms with Crippen LogP contribution in [-0.4, -0.2) is 63.7 Å². The number of methoxy groups -OCH3 is 1. The predicted molar refractivity (Wildman–Crippen MR) is 150 cm³/mol. The monoisotopic (exact) mass is 547 g/mol. The lowest BCUT2D eigenvalue weighted by Crippen LogP contribution is -2.49. The van der Waals surface area contributed by atoms with Gasteiger partial charge in [0.05, 0.1) is 25.7 Å². The van der Waals surface area contributed by atoms with Crippen LogP contribution in [0.1, 0.15) is 52.5 Å². The zero-order valence-electron chi connectivity index (χ0n) is 23.3. The van der Waals surface area contributed by atoms with E-state index in [9.17, 15) is 18.0 Å². The van der Waals surface area contributed by atoms with Gasteiger partial charge in [-0.15, -0.1) is 0 Å². The summed E-state index contributed by atoms with van der Waals surface area (Å²) in [5.74, 6) is 0.893. The molecule has 38 heavy (non-hydrogen) atoms. The van der Waals surface area contributed by atoms with Gasteiger partial charge < -0.3 is 19.7 Å². The molecule has 1 N–H and O–H groups in total. The predicted octanol–water partition coefficient (Wildman–Crippen LogP) is 3.97. The van der Waals surface area contributed by atoms with Crippen LogP contribution >= 0.6 is 0 Å². The third-order valence-electron chi connectivity index (χ3n) is 6.27. The van der Waals surface area contributed by atoms with Crippen LogP contribution < -0.4 is 19.1 Å². The number of amides is 2. The van der Waals surface area contributed by atoms with Crippen molar-refractivity contribution in [3.8, 4) is 11.5 Å². The topological polar surface area (TPSA) is 105 Å². The fourth-order valence-electron chi connectivity index (χ4n) is 3.85. The zero-order chi connectivity index (χ0) is 28.3. The molecular formula is C28H41N3O6S. The van der Waals surface area contributed by atoms with Gasteiger partial charge in [0.2, 0.25) is 21.8 Å². The molecule has 10 heteroatoms. The number of ether oxygens (including phenoxy) is 2. The molecule has 0 bridgehead atoms. The Bertz CT molecular complexity index is 1140. The van der Waals surface area contributed by atoms with Gasteiger partial charge in [0.1, 0.15) is 17.5 Å². The van der Waals surface area contributed by atoms with Gasteiger partial charge in [-0.2, -0.15) is 0 Å². The zero-order valence-corrected chi connectivity index (χ0v) is 24.1. The van der Waals surface area contributed by atoms with Gasteiger partial charge in [-0.3, -0.25) is 13.9 Å². The van der Waals surface area contributed by atoms with Crippen molar-refractivity contribution in [3.05, 3.63) is 54.1 Å². The van der Waals surface area contributed by atoms with Crippen molar-refractivity contribution >= 4 is 27.5 Å². The van der Waals surface area contributed by atoms with E-state index >= 15 is 0 Å². The standard InChI is InChI=1S/C28H41N3O6S/c1-7-21(3)29-28(33)22(4)30(20-23-11-15-25(36-5)16-12-23)27(32)10-9-19-31(38(6,34)35)24-13-17-26(18-14-24)37-8-2/h11-18,21-22H,7-10,19-20H2,1-6H3,(H,29,33)/t21-,22+/m1/s1. The highest BCUT2D eigenvalue weighted by atomic mass is 32.2. The second-order valence-electron chi connectivity index (χ2n) is 9.23. The van der Waals surface area contributed by atoms with Crippen molar-refractivity contribution in [2.24, 2.45) is 0 Å². The lowest BCUT2D eigenvalue weighted by atomic mass is 10.1. The Morgan fingerprint density at radius 2 is 1.58 bits per heavy atom. The largest absolute Gasteiger partial charge is 0.497 e. The molecular weight excluding hydrogens is 506 g/mol. The van der Waals surface area contributed by atoms with Crippen LogP contribution in [0, 0.1) is 0 Å². The molecule has 210 valence electrons. The molecule has 2 amide bonds. The maximum absolute atomic E-state index is 13.4. The Hall–Kier alpha value is -3.27. The first-order chi connectivity index (χ1) is 18.0. The summed E-state index contributed by atoms with van der Waals surface area (Å²) < 4.78 is 37.0. The van der Waals surface area contributed by atoms with Crippen molar-refractivity contribution in [2.45, 2.75) is 65.6 Å². The summed E-state index contributed by atoms with van der Waals surface area (Å²) in [6.07, 6.45) is 2.29. The Labute approximate surface area is 227 Å². The number of sulfonamides is 1. The molecule has 2 atom stereocenters. The molecule has 2 aromatic carbocycles. The van der Waals surface area contributed by atoms with E-state index in [4.69, 9.17) is 9.47 Å². The third kappa shape index (κ3) is 9.24. The highest BCUT2D eigenvalue weighted by Gasteiger charge is 2.27. The van der Waals surface area contributed by atoms with Gasteiger partial charge in [0, 0.05) is 25.6 Å². The van der Waals surface area contributed by atoms with Gasteiger partial charge in [-0.25, -0.2) is 8.42 Å². The summed E-state index contributed by atoms with van der Waals surface area (Å²) in [4.78, 5) is 27.8. The molecule has 0 heterocycles. The SMILES string of the molecule is CCOc1ccc(N(CCCC(=O)N(Cc2ccc(OC)cc2)[C@@H](C)C(=O)N[C@H](C)CC)S(C)(=O)=O)cc1. The summed E-state index contributed by atoms with van der Waals surface area (Å²) in [5, 5.41) is 2.95. The van der Waals surface area contributed by atoms with Crippen molar-refractivity contribution in [1.82, 2.24) is 10.2 Å². The minimum Gasteiger partial charge on any atom is -0.497 e. The average molecular weight is 548 g/mol. The van der Waals surface area contributed by atoms with Crippen LogP contribution in [0.3, 0.4) is 0 Å².